The van der Waals surface area contributed by atoms with Gasteiger partial charge in [-0.25, -0.2) is 9.97 Å². The van der Waals surface area contributed by atoms with Gasteiger partial charge in [0.15, 0.2) is 5.82 Å². The number of benzene rings is 1. The molecule has 2 aromatic rings. The fraction of sp³-hybridized carbons (Fsp3) is 0.294. The number of thioether (sulfide) groups is 1. The summed E-state index contributed by atoms with van der Waals surface area (Å²) in [5.41, 5.74) is 3.22. The first-order chi connectivity index (χ1) is 11.2. The average Bonchev–Trinajstić information content (AvgIpc) is 3.02. The summed E-state index contributed by atoms with van der Waals surface area (Å²) in [6, 6.07) is 7.72. The zero-order valence-corrected chi connectivity index (χ0v) is 14.7. The van der Waals surface area contributed by atoms with E-state index >= 15 is 0 Å². The van der Waals surface area contributed by atoms with Crippen LogP contribution in [-0.4, -0.2) is 22.0 Å². The van der Waals surface area contributed by atoms with E-state index in [0.717, 1.165) is 45.5 Å². The van der Waals surface area contributed by atoms with Gasteiger partial charge in [-0.05, 0) is 49.7 Å². The van der Waals surface area contributed by atoms with E-state index in [1.807, 2.05) is 37.4 Å². The highest BCUT2D eigenvalue weighted by molar-refractivity contribution is 8.09. The smallest absolute Gasteiger partial charge is 0.160 e. The third-order valence-electron chi connectivity index (χ3n) is 3.53. The van der Waals surface area contributed by atoms with Crippen LogP contribution in [-0.2, 0) is 0 Å². The van der Waals surface area contributed by atoms with Gasteiger partial charge in [0.05, 0.1) is 10.6 Å². The van der Waals surface area contributed by atoms with E-state index in [-0.39, 0.29) is 5.50 Å². The normalized spacial score (nSPS) is 17.0. The highest BCUT2D eigenvalue weighted by Gasteiger charge is 2.19. The number of halogens is 1. The summed E-state index contributed by atoms with van der Waals surface area (Å²) in [5.74, 6) is 0.725. The number of nitrogens with zero attached hydrogens (tertiary/aromatic N) is 2. The Labute approximate surface area is 145 Å². The molecule has 0 amide bonds. The summed E-state index contributed by atoms with van der Waals surface area (Å²) in [4.78, 5) is 10.3. The Bertz CT molecular complexity index is 732. The number of nitrogens with one attached hydrogen (secondary N) is 2. The van der Waals surface area contributed by atoms with Gasteiger partial charge in [-0.15, -0.1) is 0 Å². The molecule has 0 saturated heterocycles. The van der Waals surface area contributed by atoms with Crippen molar-refractivity contribution in [1.29, 1.82) is 0 Å². The molecular formula is C17H19ClN4S. The van der Waals surface area contributed by atoms with Crippen LogP contribution in [0.3, 0.4) is 0 Å². The van der Waals surface area contributed by atoms with Gasteiger partial charge in [0.1, 0.15) is 5.50 Å². The van der Waals surface area contributed by atoms with Crippen LogP contribution in [0.5, 0.6) is 0 Å². The van der Waals surface area contributed by atoms with Crippen LogP contribution >= 0.6 is 23.4 Å². The van der Waals surface area contributed by atoms with Crippen molar-refractivity contribution < 1.29 is 0 Å². The van der Waals surface area contributed by atoms with Crippen molar-refractivity contribution in [2.45, 2.75) is 25.8 Å². The molecule has 0 fully saturated rings. The minimum atomic E-state index is 0.209. The fourth-order valence-corrected chi connectivity index (χ4v) is 3.55. The Balaban J connectivity index is 1.81. The lowest BCUT2D eigenvalue weighted by Crippen LogP contribution is -2.34. The maximum atomic E-state index is 6.03. The van der Waals surface area contributed by atoms with Crippen molar-refractivity contribution in [3.8, 4) is 11.4 Å². The second-order valence-electron chi connectivity index (χ2n) is 5.35. The summed E-state index contributed by atoms with van der Waals surface area (Å²) in [7, 11) is 0. The first-order valence-corrected chi connectivity index (χ1v) is 8.89. The van der Waals surface area contributed by atoms with Gasteiger partial charge < -0.3 is 5.32 Å². The summed E-state index contributed by atoms with van der Waals surface area (Å²) >= 11 is 7.77. The SMILES string of the molecule is CCCNC1NC=C(c2ccnc(-c3ccc(Cl)cc3C)n2)S1. The molecule has 2 heterocycles. The van der Waals surface area contributed by atoms with Gasteiger partial charge in [-0.3, -0.25) is 5.32 Å². The summed E-state index contributed by atoms with van der Waals surface area (Å²) in [5, 5.41) is 7.49. The van der Waals surface area contributed by atoms with E-state index in [4.69, 9.17) is 16.6 Å². The molecule has 23 heavy (non-hydrogen) atoms. The third-order valence-corrected chi connectivity index (χ3v) is 4.88. The van der Waals surface area contributed by atoms with Gasteiger partial charge in [-0.2, -0.15) is 0 Å². The molecule has 0 saturated carbocycles. The first-order valence-electron chi connectivity index (χ1n) is 7.63. The van der Waals surface area contributed by atoms with Crippen molar-refractivity contribution in [3.05, 3.63) is 52.9 Å². The summed E-state index contributed by atoms with van der Waals surface area (Å²) in [6.07, 6.45) is 4.93. The monoisotopic (exact) mass is 346 g/mol. The number of hydrogen-bond donors (Lipinski definition) is 2. The number of hydrogen-bond acceptors (Lipinski definition) is 5. The summed E-state index contributed by atoms with van der Waals surface area (Å²) in [6.45, 7) is 5.17. The van der Waals surface area contributed by atoms with Gasteiger partial charge in [0, 0.05) is 23.0 Å². The Hall–Kier alpha value is -1.56. The van der Waals surface area contributed by atoms with E-state index in [2.05, 4.69) is 22.5 Å². The molecule has 1 unspecified atom stereocenters. The van der Waals surface area contributed by atoms with Crippen LogP contribution in [0.1, 0.15) is 24.6 Å². The topological polar surface area (TPSA) is 49.8 Å². The summed E-state index contributed by atoms with van der Waals surface area (Å²) < 4.78 is 0. The Morgan fingerprint density at radius 2 is 2.22 bits per heavy atom. The fourth-order valence-electron chi connectivity index (χ4n) is 2.36. The molecular weight excluding hydrogens is 328 g/mol. The van der Waals surface area contributed by atoms with Gasteiger partial charge in [0.25, 0.3) is 0 Å². The van der Waals surface area contributed by atoms with E-state index in [1.165, 1.54) is 0 Å². The van der Waals surface area contributed by atoms with Gasteiger partial charge in [0.2, 0.25) is 0 Å². The van der Waals surface area contributed by atoms with Crippen LogP contribution in [0.15, 0.2) is 36.7 Å². The van der Waals surface area contributed by atoms with Crippen LogP contribution < -0.4 is 10.6 Å². The average molecular weight is 347 g/mol. The van der Waals surface area contributed by atoms with Crippen molar-refractivity contribution in [1.82, 2.24) is 20.6 Å². The quantitative estimate of drug-likeness (QED) is 0.856. The lowest BCUT2D eigenvalue weighted by atomic mass is 10.1. The second kappa shape index (κ2) is 7.34. The first kappa shape index (κ1) is 16.3. The van der Waals surface area contributed by atoms with Crippen molar-refractivity contribution in [2.75, 3.05) is 6.54 Å². The molecule has 1 aromatic carbocycles. The number of rotatable bonds is 5. The third kappa shape index (κ3) is 3.86. The van der Waals surface area contributed by atoms with Crippen LogP contribution in [0, 0.1) is 6.92 Å². The molecule has 1 aromatic heterocycles. The minimum Gasteiger partial charge on any atom is -0.366 e. The van der Waals surface area contributed by atoms with E-state index < -0.39 is 0 Å². The molecule has 4 nitrogen and oxygen atoms in total. The van der Waals surface area contributed by atoms with Crippen LogP contribution in [0.25, 0.3) is 16.3 Å². The van der Waals surface area contributed by atoms with Crippen molar-refractivity contribution >= 4 is 28.3 Å². The maximum absolute atomic E-state index is 6.03. The molecule has 0 spiro atoms. The largest absolute Gasteiger partial charge is 0.366 e. The highest BCUT2D eigenvalue weighted by atomic mass is 35.5. The van der Waals surface area contributed by atoms with Crippen LogP contribution in [0.2, 0.25) is 5.02 Å². The molecule has 0 aliphatic carbocycles. The molecule has 3 rings (SSSR count). The zero-order chi connectivity index (χ0) is 16.2. The van der Waals surface area contributed by atoms with Crippen molar-refractivity contribution in [2.24, 2.45) is 0 Å². The lowest BCUT2D eigenvalue weighted by Gasteiger charge is -2.12. The van der Waals surface area contributed by atoms with Gasteiger partial charge >= 0.3 is 0 Å². The molecule has 1 aliphatic heterocycles. The molecule has 1 aliphatic rings. The Morgan fingerprint density at radius 3 is 3.00 bits per heavy atom. The van der Waals surface area contributed by atoms with Gasteiger partial charge in [-0.1, -0.05) is 30.3 Å². The minimum absolute atomic E-state index is 0.209. The number of aromatic nitrogens is 2. The predicted molar refractivity (Wildman–Crippen MR) is 98.0 cm³/mol. The van der Waals surface area contributed by atoms with E-state index in [0.29, 0.717) is 0 Å². The standard InChI is InChI=1S/C17H19ClN4S/c1-3-7-20-17-21-10-15(23-17)14-6-8-19-16(22-14)13-5-4-12(18)9-11(13)2/h4-6,8-10,17,20-21H,3,7H2,1-2H3. The molecule has 6 heteroatoms. The molecule has 120 valence electrons. The zero-order valence-electron chi connectivity index (χ0n) is 13.1. The van der Waals surface area contributed by atoms with E-state index in [1.54, 1.807) is 18.0 Å². The van der Waals surface area contributed by atoms with Crippen LogP contribution in [0.4, 0.5) is 0 Å². The van der Waals surface area contributed by atoms with Crippen molar-refractivity contribution in [3.63, 3.8) is 0 Å². The molecule has 0 bridgehead atoms. The lowest BCUT2D eigenvalue weighted by molar-refractivity contribution is 0.607. The second-order valence-corrected chi connectivity index (χ2v) is 6.94. The maximum Gasteiger partial charge on any atom is 0.160 e. The van der Waals surface area contributed by atoms with E-state index in [9.17, 15) is 0 Å². The highest BCUT2D eigenvalue weighted by Crippen LogP contribution is 2.33. The molecule has 2 N–H and O–H groups in total. The number of aryl methyl sites for hydroxylation is 1. The molecule has 0 radical (unpaired) electrons. The Kier molecular flexibility index (Phi) is 5.20. The Morgan fingerprint density at radius 1 is 1.35 bits per heavy atom. The predicted octanol–water partition coefficient (Wildman–Crippen LogP) is 4.02. The molecule has 1 atom stereocenters.